The zero-order chi connectivity index (χ0) is 12.3. The monoisotopic (exact) mass is 359 g/mol. The minimum absolute atomic E-state index is 0.764. The minimum atomic E-state index is 0.764. The summed E-state index contributed by atoms with van der Waals surface area (Å²) in [4.78, 5) is 4.27. The minimum Gasteiger partial charge on any atom is -0.369 e. The highest BCUT2D eigenvalue weighted by molar-refractivity contribution is 9.11. The van der Waals surface area contributed by atoms with E-state index in [2.05, 4.69) is 52.4 Å². The van der Waals surface area contributed by atoms with Crippen LogP contribution in [-0.2, 0) is 13.5 Å². The van der Waals surface area contributed by atoms with Crippen molar-refractivity contribution in [3.05, 3.63) is 33.4 Å². The fourth-order valence-electron chi connectivity index (χ4n) is 1.37. The van der Waals surface area contributed by atoms with Crippen molar-refractivity contribution in [2.75, 3.05) is 11.9 Å². The van der Waals surface area contributed by atoms with Crippen molar-refractivity contribution < 1.29 is 0 Å². The van der Waals surface area contributed by atoms with E-state index in [9.17, 15) is 0 Å². The van der Waals surface area contributed by atoms with E-state index in [1.54, 1.807) is 12.5 Å². The smallest absolute Gasteiger partial charge is 0.140 e. The molecule has 2 aromatic heterocycles. The van der Waals surface area contributed by atoms with Crippen molar-refractivity contribution in [2.24, 2.45) is 7.05 Å². The molecule has 2 aromatic rings. The van der Waals surface area contributed by atoms with Crippen LogP contribution in [0.25, 0.3) is 0 Å². The van der Waals surface area contributed by atoms with Crippen molar-refractivity contribution in [2.45, 2.75) is 6.42 Å². The van der Waals surface area contributed by atoms with Gasteiger partial charge < -0.3 is 9.88 Å². The lowest BCUT2D eigenvalue weighted by Gasteiger charge is -2.07. The van der Waals surface area contributed by atoms with Gasteiger partial charge in [0.05, 0.1) is 4.47 Å². The van der Waals surface area contributed by atoms with Crippen LogP contribution in [0.15, 0.2) is 27.5 Å². The number of halogens is 2. The third-order valence-corrected chi connectivity index (χ3v) is 3.29. The van der Waals surface area contributed by atoms with Gasteiger partial charge in [-0.3, -0.25) is 0 Å². The molecule has 0 radical (unpaired) electrons. The van der Waals surface area contributed by atoms with E-state index in [-0.39, 0.29) is 0 Å². The number of aryl methyl sites for hydroxylation is 1. The van der Waals surface area contributed by atoms with Crippen LogP contribution in [0.3, 0.4) is 0 Å². The molecule has 0 saturated carbocycles. The first-order valence-corrected chi connectivity index (χ1v) is 6.63. The number of nitrogens with one attached hydrogen (secondary N) is 1. The summed E-state index contributed by atoms with van der Waals surface area (Å²) in [5, 5.41) is 11.1. The fraction of sp³-hybridized carbons (Fsp3) is 0.300. The summed E-state index contributed by atoms with van der Waals surface area (Å²) in [5.41, 5.74) is 0. The van der Waals surface area contributed by atoms with Crippen molar-refractivity contribution in [3.63, 3.8) is 0 Å². The molecule has 0 spiro atoms. The van der Waals surface area contributed by atoms with Crippen LogP contribution in [0.5, 0.6) is 0 Å². The van der Waals surface area contributed by atoms with Crippen LogP contribution in [0, 0.1) is 0 Å². The normalized spacial score (nSPS) is 10.5. The number of hydrogen-bond donors (Lipinski definition) is 1. The molecule has 0 amide bonds. The Bertz CT molecular complexity index is 511. The molecule has 1 N–H and O–H groups in total. The summed E-state index contributed by atoms with van der Waals surface area (Å²) in [6.45, 7) is 0.764. The van der Waals surface area contributed by atoms with E-state index >= 15 is 0 Å². The van der Waals surface area contributed by atoms with Gasteiger partial charge in [0.25, 0.3) is 0 Å². The van der Waals surface area contributed by atoms with E-state index in [0.717, 1.165) is 33.6 Å². The fourth-order valence-corrected chi connectivity index (χ4v) is 2.50. The molecule has 0 aliphatic carbocycles. The second-order valence-corrected chi connectivity index (χ2v) is 5.29. The molecular weight excluding hydrogens is 350 g/mol. The molecule has 5 nitrogen and oxygen atoms in total. The van der Waals surface area contributed by atoms with Crippen molar-refractivity contribution in [1.82, 2.24) is 19.7 Å². The molecule has 90 valence electrons. The summed E-state index contributed by atoms with van der Waals surface area (Å²) in [6.07, 6.45) is 4.26. The second kappa shape index (κ2) is 5.59. The average Bonchev–Trinajstić information content (AvgIpc) is 2.68. The van der Waals surface area contributed by atoms with Gasteiger partial charge >= 0.3 is 0 Å². The summed E-state index contributed by atoms with van der Waals surface area (Å²) in [7, 11) is 1.93. The lowest BCUT2D eigenvalue weighted by Crippen LogP contribution is -2.09. The average molecular weight is 361 g/mol. The first-order chi connectivity index (χ1) is 8.16. The van der Waals surface area contributed by atoms with E-state index < -0.39 is 0 Å². The Morgan fingerprint density at radius 3 is 2.88 bits per heavy atom. The molecular formula is C10H11Br2N5. The predicted molar refractivity (Wildman–Crippen MR) is 72.8 cm³/mol. The Balaban J connectivity index is 1.92. The van der Waals surface area contributed by atoms with Crippen LogP contribution < -0.4 is 5.32 Å². The van der Waals surface area contributed by atoms with Gasteiger partial charge in [0.15, 0.2) is 0 Å². The number of anilines is 1. The maximum Gasteiger partial charge on any atom is 0.140 e. The lowest BCUT2D eigenvalue weighted by atomic mass is 10.4. The molecule has 0 aliphatic rings. The van der Waals surface area contributed by atoms with Gasteiger partial charge in [-0.2, -0.15) is 0 Å². The second-order valence-electron chi connectivity index (χ2n) is 3.52. The third kappa shape index (κ3) is 3.26. The molecule has 7 heteroatoms. The van der Waals surface area contributed by atoms with Crippen molar-refractivity contribution in [3.8, 4) is 0 Å². The summed E-state index contributed by atoms with van der Waals surface area (Å²) >= 11 is 6.82. The maximum absolute atomic E-state index is 4.27. The number of hydrogen-bond acceptors (Lipinski definition) is 4. The highest BCUT2D eigenvalue weighted by atomic mass is 79.9. The Morgan fingerprint density at radius 2 is 2.24 bits per heavy atom. The highest BCUT2D eigenvalue weighted by Gasteiger charge is 2.03. The number of pyridine rings is 1. The van der Waals surface area contributed by atoms with Crippen LogP contribution in [0.4, 0.5) is 5.82 Å². The molecule has 0 aromatic carbocycles. The first-order valence-electron chi connectivity index (χ1n) is 5.04. The first kappa shape index (κ1) is 12.5. The zero-order valence-corrected chi connectivity index (χ0v) is 12.4. The predicted octanol–water partition coefficient (Wildman–Crippen LogP) is 2.39. The summed E-state index contributed by atoms with van der Waals surface area (Å²) in [5.74, 6) is 1.78. The standard InChI is InChI=1S/C10H11Br2N5/c1-17-6-15-16-9(17)2-3-13-10-8(12)4-7(11)5-14-10/h4-6H,2-3H2,1H3,(H,13,14). The highest BCUT2D eigenvalue weighted by Crippen LogP contribution is 2.23. The summed E-state index contributed by atoms with van der Waals surface area (Å²) in [6, 6.07) is 1.96. The van der Waals surface area contributed by atoms with Gasteiger partial charge in [-0.1, -0.05) is 0 Å². The van der Waals surface area contributed by atoms with Crippen LogP contribution >= 0.6 is 31.9 Å². The van der Waals surface area contributed by atoms with Crippen LogP contribution in [0.1, 0.15) is 5.82 Å². The molecule has 0 bridgehead atoms. The van der Waals surface area contributed by atoms with Gasteiger partial charge in [0.1, 0.15) is 18.0 Å². The largest absolute Gasteiger partial charge is 0.369 e. The summed E-state index contributed by atoms with van der Waals surface area (Å²) < 4.78 is 3.79. The number of rotatable bonds is 4. The number of aromatic nitrogens is 4. The van der Waals surface area contributed by atoms with E-state index in [0.29, 0.717) is 0 Å². The van der Waals surface area contributed by atoms with Crippen LogP contribution in [-0.4, -0.2) is 26.3 Å². The van der Waals surface area contributed by atoms with Gasteiger partial charge in [-0.05, 0) is 37.9 Å². The molecule has 17 heavy (non-hydrogen) atoms. The Labute approximate surface area is 116 Å². The Morgan fingerprint density at radius 1 is 1.41 bits per heavy atom. The molecule has 0 saturated heterocycles. The van der Waals surface area contributed by atoms with E-state index in [1.165, 1.54) is 0 Å². The van der Waals surface area contributed by atoms with Gasteiger partial charge in [-0.25, -0.2) is 4.98 Å². The van der Waals surface area contributed by atoms with Crippen LogP contribution in [0.2, 0.25) is 0 Å². The van der Waals surface area contributed by atoms with Gasteiger partial charge in [0, 0.05) is 30.7 Å². The topological polar surface area (TPSA) is 55.6 Å². The van der Waals surface area contributed by atoms with E-state index in [4.69, 9.17) is 0 Å². The van der Waals surface area contributed by atoms with E-state index in [1.807, 2.05) is 17.7 Å². The molecule has 2 heterocycles. The third-order valence-electron chi connectivity index (χ3n) is 2.25. The zero-order valence-electron chi connectivity index (χ0n) is 9.19. The SMILES string of the molecule is Cn1cnnc1CCNc1ncc(Br)cc1Br. The number of nitrogens with zero attached hydrogens (tertiary/aromatic N) is 4. The van der Waals surface area contributed by atoms with Crippen molar-refractivity contribution >= 4 is 37.7 Å². The Kier molecular flexibility index (Phi) is 4.11. The Hall–Kier alpha value is -0.950. The molecule has 0 aliphatic heterocycles. The van der Waals surface area contributed by atoms with Gasteiger partial charge in [-0.15, -0.1) is 10.2 Å². The maximum atomic E-state index is 4.27. The van der Waals surface area contributed by atoms with Crippen molar-refractivity contribution in [1.29, 1.82) is 0 Å². The molecule has 0 atom stereocenters. The van der Waals surface area contributed by atoms with Gasteiger partial charge in [0.2, 0.25) is 0 Å². The molecule has 0 unspecified atom stereocenters. The molecule has 2 rings (SSSR count). The quantitative estimate of drug-likeness (QED) is 0.909. The lowest BCUT2D eigenvalue weighted by molar-refractivity contribution is 0.787. The molecule has 0 fully saturated rings.